The predicted molar refractivity (Wildman–Crippen MR) is 59.7 cm³/mol. The summed E-state index contributed by atoms with van der Waals surface area (Å²) in [6.07, 6.45) is 1.65. The first-order valence-electron chi connectivity index (χ1n) is 5.11. The number of carbonyl (C=O) groups excluding carboxylic acids is 1. The summed E-state index contributed by atoms with van der Waals surface area (Å²) in [5.41, 5.74) is 1.11. The zero-order valence-corrected chi connectivity index (χ0v) is 9.10. The molecular formula is C12H9NO4. The monoisotopic (exact) mass is 231 g/mol. The van der Waals surface area contributed by atoms with Gasteiger partial charge in [0.25, 0.3) is 0 Å². The molecule has 0 unspecified atom stereocenters. The first-order chi connectivity index (χ1) is 8.22. The Kier molecular flexibility index (Phi) is 2.11. The number of hydrogen-bond donors (Lipinski definition) is 0. The molecule has 5 nitrogen and oxygen atoms in total. The van der Waals surface area contributed by atoms with Crippen molar-refractivity contribution >= 4 is 17.9 Å². The second kappa shape index (κ2) is 3.62. The molecule has 0 spiro atoms. The van der Waals surface area contributed by atoms with Crippen LogP contribution in [-0.2, 0) is 9.53 Å². The third-order valence-corrected chi connectivity index (χ3v) is 2.43. The third kappa shape index (κ3) is 1.75. The van der Waals surface area contributed by atoms with Crippen molar-refractivity contribution in [3.8, 4) is 11.5 Å². The molecule has 2 aliphatic rings. The van der Waals surface area contributed by atoms with E-state index in [0.717, 1.165) is 5.56 Å². The number of nitrogens with zero attached hydrogens (tertiary/aromatic N) is 1. The number of carbonyl (C=O) groups is 1. The van der Waals surface area contributed by atoms with Gasteiger partial charge in [-0.1, -0.05) is 6.07 Å². The van der Waals surface area contributed by atoms with Crippen molar-refractivity contribution in [2.75, 3.05) is 6.79 Å². The fourth-order valence-corrected chi connectivity index (χ4v) is 1.68. The minimum absolute atomic E-state index is 0.231. The molecule has 5 heteroatoms. The molecule has 86 valence electrons. The largest absolute Gasteiger partial charge is 0.454 e. The molecule has 1 aromatic carbocycles. The van der Waals surface area contributed by atoms with Crippen LogP contribution in [0.25, 0.3) is 6.08 Å². The van der Waals surface area contributed by atoms with Crippen LogP contribution < -0.4 is 9.47 Å². The fraction of sp³-hybridized carbons (Fsp3) is 0.167. The first-order valence-corrected chi connectivity index (χ1v) is 5.11. The second-order valence-electron chi connectivity index (χ2n) is 3.66. The summed E-state index contributed by atoms with van der Waals surface area (Å²) >= 11 is 0. The summed E-state index contributed by atoms with van der Waals surface area (Å²) in [5, 5.41) is 0. The average molecular weight is 231 g/mol. The van der Waals surface area contributed by atoms with E-state index in [2.05, 4.69) is 4.99 Å². The summed E-state index contributed by atoms with van der Waals surface area (Å²) < 4.78 is 15.3. The standard InChI is InChI=1S/C12H9NO4/c1-7-13-9(12(14)17-7)4-8-2-3-10-11(5-8)16-6-15-10/h2-5H,6H2,1H3/b9-4+. The highest BCUT2D eigenvalue weighted by Crippen LogP contribution is 2.33. The molecule has 3 rings (SSSR count). The molecule has 0 fully saturated rings. The minimum Gasteiger partial charge on any atom is -0.454 e. The number of hydrogen-bond acceptors (Lipinski definition) is 5. The van der Waals surface area contributed by atoms with Gasteiger partial charge in [0, 0.05) is 6.92 Å². The molecule has 1 aromatic rings. The van der Waals surface area contributed by atoms with Crippen LogP contribution >= 0.6 is 0 Å². The van der Waals surface area contributed by atoms with E-state index in [1.54, 1.807) is 25.1 Å². The molecule has 0 atom stereocenters. The molecule has 0 aromatic heterocycles. The Balaban J connectivity index is 1.96. The highest BCUT2D eigenvalue weighted by molar-refractivity contribution is 6.06. The highest BCUT2D eigenvalue weighted by Gasteiger charge is 2.20. The zero-order chi connectivity index (χ0) is 11.8. The lowest BCUT2D eigenvalue weighted by atomic mass is 10.1. The van der Waals surface area contributed by atoms with Gasteiger partial charge < -0.3 is 14.2 Å². The van der Waals surface area contributed by atoms with Crippen molar-refractivity contribution in [2.24, 2.45) is 4.99 Å². The van der Waals surface area contributed by atoms with E-state index in [1.165, 1.54) is 0 Å². The Morgan fingerprint density at radius 3 is 2.88 bits per heavy atom. The Bertz CT molecular complexity index is 560. The van der Waals surface area contributed by atoms with E-state index < -0.39 is 5.97 Å². The SMILES string of the molecule is CC1=N/C(=C/c2ccc3c(c2)OCO3)C(=O)O1. The molecule has 0 amide bonds. The number of benzene rings is 1. The molecule has 0 radical (unpaired) electrons. The molecule has 0 bridgehead atoms. The normalized spacial score (nSPS) is 19.5. The van der Waals surface area contributed by atoms with Crippen LogP contribution in [0.15, 0.2) is 28.9 Å². The lowest BCUT2D eigenvalue weighted by Gasteiger charge is -1.97. The Morgan fingerprint density at radius 1 is 1.29 bits per heavy atom. The zero-order valence-electron chi connectivity index (χ0n) is 9.10. The molecule has 17 heavy (non-hydrogen) atoms. The maximum absolute atomic E-state index is 11.4. The first kappa shape index (κ1) is 9.89. The molecule has 0 saturated carbocycles. The van der Waals surface area contributed by atoms with Crippen molar-refractivity contribution in [3.63, 3.8) is 0 Å². The van der Waals surface area contributed by atoms with Crippen molar-refractivity contribution < 1.29 is 19.0 Å². The molecule has 0 N–H and O–H groups in total. The maximum Gasteiger partial charge on any atom is 0.363 e. The average Bonchev–Trinajstić information content (AvgIpc) is 2.85. The Morgan fingerprint density at radius 2 is 2.12 bits per heavy atom. The highest BCUT2D eigenvalue weighted by atomic mass is 16.7. The van der Waals surface area contributed by atoms with E-state index in [1.807, 2.05) is 6.07 Å². The van der Waals surface area contributed by atoms with Gasteiger partial charge in [0.15, 0.2) is 23.1 Å². The van der Waals surface area contributed by atoms with Crippen molar-refractivity contribution in [3.05, 3.63) is 29.5 Å². The van der Waals surface area contributed by atoms with Gasteiger partial charge >= 0.3 is 5.97 Å². The van der Waals surface area contributed by atoms with E-state index in [-0.39, 0.29) is 6.79 Å². The smallest absolute Gasteiger partial charge is 0.363 e. The van der Waals surface area contributed by atoms with Crippen LogP contribution in [-0.4, -0.2) is 18.7 Å². The van der Waals surface area contributed by atoms with E-state index in [9.17, 15) is 4.79 Å². The van der Waals surface area contributed by atoms with Crippen LogP contribution in [0.1, 0.15) is 12.5 Å². The number of ether oxygens (including phenoxy) is 3. The summed E-state index contributed by atoms with van der Waals surface area (Å²) in [6.45, 7) is 1.87. The summed E-state index contributed by atoms with van der Waals surface area (Å²) in [4.78, 5) is 15.4. The Hall–Kier alpha value is -2.30. The summed E-state index contributed by atoms with van der Waals surface area (Å²) in [6, 6.07) is 5.42. The Labute approximate surface area is 97.3 Å². The number of fused-ring (bicyclic) bond motifs is 1. The van der Waals surface area contributed by atoms with E-state index in [0.29, 0.717) is 23.1 Å². The number of aliphatic imine (C=N–C) groups is 1. The predicted octanol–water partition coefficient (Wildman–Crippen LogP) is 1.73. The van der Waals surface area contributed by atoms with E-state index in [4.69, 9.17) is 14.2 Å². The second-order valence-corrected chi connectivity index (χ2v) is 3.66. The van der Waals surface area contributed by atoms with Gasteiger partial charge in [0.2, 0.25) is 6.79 Å². The van der Waals surface area contributed by atoms with Crippen LogP contribution in [0.5, 0.6) is 11.5 Å². The number of esters is 1. The van der Waals surface area contributed by atoms with Gasteiger partial charge in [-0.05, 0) is 23.8 Å². The topological polar surface area (TPSA) is 57.1 Å². The van der Waals surface area contributed by atoms with Crippen molar-refractivity contribution in [1.82, 2.24) is 0 Å². The molecule has 2 heterocycles. The van der Waals surface area contributed by atoms with Crippen molar-refractivity contribution in [2.45, 2.75) is 6.92 Å². The molecule has 0 aliphatic carbocycles. The quantitative estimate of drug-likeness (QED) is 0.545. The van der Waals surface area contributed by atoms with Gasteiger partial charge in [-0.15, -0.1) is 0 Å². The van der Waals surface area contributed by atoms with Crippen molar-refractivity contribution in [1.29, 1.82) is 0 Å². The van der Waals surface area contributed by atoms with Crippen LogP contribution in [0, 0.1) is 0 Å². The molecular weight excluding hydrogens is 222 g/mol. The van der Waals surface area contributed by atoms with Crippen LogP contribution in [0.2, 0.25) is 0 Å². The van der Waals surface area contributed by atoms with Crippen LogP contribution in [0.4, 0.5) is 0 Å². The maximum atomic E-state index is 11.4. The number of cyclic esters (lactones) is 1. The third-order valence-electron chi connectivity index (χ3n) is 2.43. The fourth-order valence-electron chi connectivity index (χ4n) is 1.68. The van der Waals surface area contributed by atoms with Gasteiger partial charge in [-0.25, -0.2) is 9.79 Å². The van der Waals surface area contributed by atoms with Gasteiger partial charge in [0.05, 0.1) is 0 Å². The number of rotatable bonds is 1. The minimum atomic E-state index is -0.430. The van der Waals surface area contributed by atoms with Crippen LogP contribution in [0.3, 0.4) is 0 Å². The van der Waals surface area contributed by atoms with Gasteiger partial charge in [0.1, 0.15) is 0 Å². The molecule has 0 saturated heterocycles. The lowest BCUT2D eigenvalue weighted by Crippen LogP contribution is -1.99. The van der Waals surface area contributed by atoms with Gasteiger partial charge in [-0.2, -0.15) is 0 Å². The van der Waals surface area contributed by atoms with E-state index >= 15 is 0 Å². The summed E-state index contributed by atoms with van der Waals surface area (Å²) in [7, 11) is 0. The van der Waals surface area contributed by atoms with Gasteiger partial charge in [-0.3, -0.25) is 0 Å². The lowest BCUT2D eigenvalue weighted by molar-refractivity contribution is -0.130. The molecule has 2 aliphatic heterocycles. The summed E-state index contributed by atoms with van der Waals surface area (Å²) in [5.74, 6) is 1.31.